The van der Waals surface area contributed by atoms with Crippen molar-refractivity contribution in [3.8, 4) is 0 Å². The molecule has 0 fully saturated rings. The van der Waals surface area contributed by atoms with Crippen molar-refractivity contribution in [2.24, 2.45) is 0 Å². The number of benzene rings is 2. The fourth-order valence-corrected chi connectivity index (χ4v) is 4.40. The van der Waals surface area contributed by atoms with Gasteiger partial charge in [0, 0.05) is 5.39 Å². The number of para-hydroxylation sites is 1. The lowest BCUT2D eigenvalue weighted by atomic mass is 9.90. The number of rotatable bonds is 13. The Morgan fingerprint density at radius 3 is 1.87 bits per heavy atom. The van der Waals surface area contributed by atoms with E-state index in [1.807, 2.05) is 10.9 Å². The van der Waals surface area contributed by atoms with E-state index in [1.165, 1.54) is 18.2 Å². The Bertz CT molecular complexity index is 1860. The van der Waals surface area contributed by atoms with Crippen molar-refractivity contribution in [3.05, 3.63) is 89.3 Å². The third-order valence-electron chi connectivity index (χ3n) is 7.16. The van der Waals surface area contributed by atoms with Gasteiger partial charge < -0.3 is 5.32 Å². The third kappa shape index (κ3) is 7.18. The predicted octanol–water partition coefficient (Wildman–Crippen LogP) is 8.76. The fraction of sp³-hybridized carbons (Fsp3) is 0.333. The van der Waals surface area contributed by atoms with Crippen LogP contribution in [0.4, 0.5) is 76.5 Å². The Balaban J connectivity index is 2.03. The minimum absolute atomic E-state index is 0.439. The smallest absolute Gasteiger partial charge is 0.326 e. The van der Waals surface area contributed by atoms with Gasteiger partial charge >= 0.3 is 47.7 Å². The number of allylic oxidation sites excluding steroid dienone is 3. The van der Waals surface area contributed by atoms with Gasteiger partial charge in [0.1, 0.15) is 6.29 Å². The molecule has 3 aromatic rings. The van der Waals surface area contributed by atoms with E-state index in [9.17, 15) is 66.7 Å². The number of carbonyl (C=O) groups excluding carboxylic acids is 2. The monoisotopic (exact) mass is 769 g/mol. The molecule has 1 atom stereocenters. The second kappa shape index (κ2) is 14.2. The standard InChI is InChI=1S/C30H22F15N5O2/c1-15-11-12-17(16(2)14-15)19(9-4-3-7-13-51)47-23(52)50-49-21-18-8-5-6-10-20(18)46-22(48-21)24(31,32)25(33,34)26(35,36)27(37,38)28(39,40)29(41,42)30(43,44)45/h3-14,19H,1-2H3,(H,46,48,49)(H2,47,50,52)/b7-3+,9-4+. The van der Waals surface area contributed by atoms with E-state index in [2.05, 4.69) is 15.3 Å². The zero-order valence-electron chi connectivity index (χ0n) is 25.9. The molecule has 1 aromatic heterocycles. The third-order valence-corrected chi connectivity index (χ3v) is 7.16. The van der Waals surface area contributed by atoms with Crippen LogP contribution in [0.2, 0.25) is 0 Å². The summed E-state index contributed by atoms with van der Waals surface area (Å²) in [4.78, 5) is 29.1. The van der Waals surface area contributed by atoms with Crippen LogP contribution < -0.4 is 16.2 Å². The molecule has 0 saturated heterocycles. The van der Waals surface area contributed by atoms with Crippen LogP contribution in [0.25, 0.3) is 10.9 Å². The highest BCUT2D eigenvalue weighted by Gasteiger charge is 2.93. The summed E-state index contributed by atoms with van der Waals surface area (Å²) in [6.45, 7) is 3.42. The highest BCUT2D eigenvalue weighted by atomic mass is 19.4. The van der Waals surface area contributed by atoms with Gasteiger partial charge in [0.2, 0.25) is 5.82 Å². The minimum Gasteiger partial charge on any atom is -0.326 e. The summed E-state index contributed by atoms with van der Waals surface area (Å²) in [6.07, 6.45) is -2.20. The number of aromatic nitrogens is 2. The molecule has 2 aromatic carbocycles. The SMILES string of the molecule is Cc1ccc(C(/C=C/C=C/C=O)NC(=O)NNc2nc(C(F)(F)C(F)(F)C(F)(F)C(F)(F)C(F)(F)C(F)(F)C(F)(F)F)nc3ccccc23)c(C)c1. The average molecular weight is 770 g/mol. The average Bonchev–Trinajstić information content (AvgIpc) is 3.04. The lowest BCUT2D eigenvalue weighted by Crippen LogP contribution is -2.72. The maximum atomic E-state index is 15.1. The molecular weight excluding hydrogens is 747 g/mol. The van der Waals surface area contributed by atoms with Crippen LogP contribution in [0, 0.1) is 13.8 Å². The van der Waals surface area contributed by atoms with Gasteiger partial charge in [0.15, 0.2) is 5.82 Å². The van der Waals surface area contributed by atoms with Crippen LogP contribution in [0.1, 0.15) is 28.6 Å². The lowest BCUT2D eigenvalue weighted by Gasteiger charge is -2.41. The highest BCUT2D eigenvalue weighted by Crippen LogP contribution is 2.63. The first-order valence-corrected chi connectivity index (χ1v) is 14.0. The Labute approximate surface area is 281 Å². The second-order valence-corrected chi connectivity index (χ2v) is 10.8. The number of hydrazine groups is 1. The molecule has 0 radical (unpaired) electrons. The molecule has 2 amide bonds. The molecule has 0 bridgehead atoms. The summed E-state index contributed by atoms with van der Waals surface area (Å²) in [7, 11) is 0. The number of nitrogens with zero attached hydrogens (tertiary/aromatic N) is 2. The van der Waals surface area contributed by atoms with E-state index in [-0.39, 0.29) is 0 Å². The van der Waals surface area contributed by atoms with Crippen molar-refractivity contribution in [3.63, 3.8) is 0 Å². The number of hydrogen-bond donors (Lipinski definition) is 3. The van der Waals surface area contributed by atoms with Gasteiger partial charge in [-0.25, -0.2) is 14.8 Å². The van der Waals surface area contributed by atoms with Crippen LogP contribution in [0.15, 0.2) is 66.8 Å². The van der Waals surface area contributed by atoms with E-state index in [0.717, 1.165) is 35.9 Å². The maximum absolute atomic E-state index is 15.1. The first kappa shape index (κ1) is 41.4. The number of hydrogen-bond acceptors (Lipinski definition) is 5. The lowest BCUT2D eigenvalue weighted by molar-refractivity contribution is -0.454. The van der Waals surface area contributed by atoms with E-state index in [1.54, 1.807) is 32.0 Å². The zero-order chi connectivity index (χ0) is 39.7. The molecule has 22 heteroatoms. The zero-order valence-corrected chi connectivity index (χ0v) is 25.9. The summed E-state index contributed by atoms with van der Waals surface area (Å²) in [5.41, 5.74) is 4.81. The molecule has 3 rings (SSSR count). The van der Waals surface area contributed by atoms with Crippen LogP contribution in [0.5, 0.6) is 0 Å². The Hall–Kier alpha value is -5.05. The van der Waals surface area contributed by atoms with Crippen molar-refractivity contribution in [1.82, 2.24) is 20.7 Å². The molecule has 0 aliphatic heterocycles. The van der Waals surface area contributed by atoms with Crippen molar-refractivity contribution >= 4 is 29.0 Å². The van der Waals surface area contributed by atoms with Crippen LogP contribution >= 0.6 is 0 Å². The summed E-state index contributed by atoms with van der Waals surface area (Å²) < 4.78 is 207. The quantitative estimate of drug-likeness (QED) is 0.0532. The van der Waals surface area contributed by atoms with Gasteiger partial charge in [-0.2, -0.15) is 65.9 Å². The molecular formula is C30H22F15N5O2. The molecule has 52 heavy (non-hydrogen) atoms. The number of urea groups is 1. The minimum atomic E-state index is -8.49. The number of aryl methyl sites for hydroxylation is 2. The van der Waals surface area contributed by atoms with E-state index >= 15 is 8.78 Å². The van der Waals surface area contributed by atoms with Crippen molar-refractivity contribution < 1.29 is 75.4 Å². The Morgan fingerprint density at radius 2 is 1.29 bits per heavy atom. The summed E-state index contributed by atoms with van der Waals surface area (Å²) in [6, 6.07) is 6.61. The van der Waals surface area contributed by atoms with Gasteiger partial charge in [-0.05, 0) is 43.2 Å². The maximum Gasteiger partial charge on any atom is 0.460 e. The molecule has 284 valence electrons. The van der Waals surface area contributed by atoms with Crippen LogP contribution in [-0.2, 0) is 10.7 Å². The molecule has 0 saturated carbocycles. The molecule has 7 nitrogen and oxygen atoms in total. The van der Waals surface area contributed by atoms with Gasteiger partial charge in [-0.15, -0.1) is 0 Å². The Kier molecular flexibility index (Phi) is 11.3. The number of halogens is 15. The second-order valence-electron chi connectivity index (χ2n) is 10.8. The Morgan fingerprint density at radius 1 is 0.712 bits per heavy atom. The normalized spacial score (nSPS) is 14.6. The fourth-order valence-electron chi connectivity index (χ4n) is 4.40. The predicted molar refractivity (Wildman–Crippen MR) is 153 cm³/mol. The molecule has 0 spiro atoms. The first-order chi connectivity index (χ1) is 23.7. The van der Waals surface area contributed by atoms with Crippen molar-refractivity contribution in [2.75, 3.05) is 5.43 Å². The van der Waals surface area contributed by atoms with Crippen molar-refractivity contribution in [1.29, 1.82) is 0 Å². The molecule has 0 aliphatic carbocycles. The molecule has 1 heterocycles. The largest absolute Gasteiger partial charge is 0.460 e. The topological polar surface area (TPSA) is 96.0 Å². The number of aldehydes is 1. The van der Waals surface area contributed by atoms with Crippen LogP contribution in [0.3, 0.4) is 0 Å². The van der Waals surface area contributed by atoms with E-state index in [0.29, 0.717) is 17.4 Å². The first-order valence-electron chi connectivity index (χ1n) is 14.0. The number of alkyl halides is 15. The highest BCUT2D eigenvalue weighted by molar-refractivity contribution is 5.90. The number of nitrogens with one attached hydrogen (secondary N) is 3. The summed E-state index contributed by atoms with van der Waals surface area (Å²) >= 11 is 0. The van der Waals surface area contributed by atoms with Gasteiger partial charge in [-0.3, -0.25) is 15.6 Å². The van der Waals surface area contributed by atoms with Gasteiger partial charge in [-0.1, -0.05) is 54.1 Å². The summed E-state index contributed by atoms with van der Waals surface area (Å²) in [5.74, 6) is -52.2. The number of carbonyl (C=O) groups is 2. The van der Waals surface area contributed by atoms with Crippen molar-refractivity contribution in [2.45, 2.75) is 61.6 Å². The molecule has 3 N–H and O–H groups in total. The van der Waals surface area contributed by atoms with E-state index < -0.39 is 76.3 Å². The number of amides is 2. The molecule has 0 aliphatic rings. The van der Waals surface area contributed by atoms with Crippen LogP contribution in [-0.4, -0.2) is 58.1 Å². The summed E-state index contributed by atoms with van der Waals surface area (Å²) in [5, 5.41) is 1.95. The molecule has 1 unspecified atom stereocenters. The van der Waals surface area contributed by atoms with Gasteiger partial charge in [0.05, 0.1) is 11.6 Å². The van der Waals surface area contributed by atoms with Gasteiger partial charge in [0.25, 0.3) is 0 Å². The van der Waals surface area contributed by atoms with E-state index in [4.69, 9.17) is 0 Å². The number of anilines is 1. The number of fused-ring (bicyclic) bond motifs is 1.